The van der Waals surface area contributed by atoms with Gasteiger partial charge >= 0.3 is 12.1 Å². The third-order valence-electron chi connectivity index (χ3n) is 5.14. The van der Waals surface area contributed by atoms with Gasteiger partial charge < -0.3 is 9.47 Å². The summed E-state index contributed by atoms with van der Waals surface area (Å²) in [6.07, 6.45) is -0.226. The minimum Gasteiger partial charge on any atom is -0.444 e. The first-order valence-electron chi connectivity index (χ1n) is 10.0. The first-order chi connectivity index (χ1) is 14.7. The van der Waals surface area contributed by atoms with Gasteiger partial charge in [-0.25, -0.2) is 9.59 Å². The van der Waals surface area contributed by atoms with Crippen molar-refractivity contribution in [2.24, 2.45) is 0 Å². The molecule has 0 aromatic heterocycles. The standard InChI is InChI=1S/C25H23NO4/c27-24-22(17-16-19-10-4-1-5-11-19)26(23(30-24)21-14-8-3-9-15-21)25(28)29-18-20-12-6-2-7-13-20/h1-15,22-23H,16-18H2. The van der Waals surface area contributed by atoms with Crippen LogP contribution in [0.2, 0.25) is 0 Å². The zero-order valence-corrected chi connectivity index (χ0v) is 16.5. The van der Waals surface area contributed by atoms with Crippen molar-refractivity contribution in [1.29, 1.82) is 0 Å². The molecule has 0 bridgehead atoms. The van der Waals surface area contributed by atoms with Crippen LogP contribution in [0.4, 0.5) is 4.79 Å². The highest BCUT2D eigenvalue weighted by molar-refractivity contribution is 5.84. The average molecular weight is 401 g/mol. The predicted molar refractivity (Wildman–Crippen MR) is 112 cm³/mol. The predicted octanol–water partition coefficient (Wildman–Crippen LogP) is 4.88. The molecule has 0 aliphatic carbocycles. The fourth-order valence-electron chi connectivity index (χ4n) is 3.59. The molecule has 1 fully saturated rings. The van der Waals surface area contributed by atoms with Crippen molar-refractivity contribution in [1.82, 2.24) is 4.90 Å². The highest BCUT2D eigenvalue weighted by atomic mass is 16.6. The monoisotopic (exact) mass is 401 g/mol. The number of esters is 1. The van der Waals surface area contributed by atoms with Crippen molar-refractivity contribution < 1.29 is 19.1 Å². The molecule has 1 aliphatic rings. The summed E-state index contributed by atoms with van der Waals surface area (Å²) in [6.45, 7) is 0.136. The van der Waals surface area contributed by atoms with Crippen LogP contribution in [-0.4, -0.2) is 23.0 Å². The molecule has 152 valence electrons. The summed E-state index contributed by atoms with van der Waals surface area (Å²) in [5.74, 6) is -0.406. The Morgan fingerprint density at radius 2 is 1.40 bits per heavy atom. The van der Waals surface area contributed by atoms with Crippen molar-refractivity contribution in [3.63, 3.8) is 0 Å². The third kappa shape index (κ3) is 4.51. The molecule has 0 spiro atoms. The molecule has 1 amide bonds. The molecule has 3 aromatic rings. The zero-order valence-electron chi connectivity index (χ0n) is 16.5. The van der Waals surface area contributed by atoms with Crippen molar-refractivity contribution in [2.75, 3.05) is 0 Å². The minimum atomic E-state index is -0.789. The van der Waals surface area contributed by atoms with E-state index >= 15 is 0 Å². The minimum absolute atomic E-state index is 0.136. The molecule has 30 heavy (non-hydrogen) atoms. The van der Waals surface area contributed by atoms with E-state index in [9.17, 15) is 9.59 Å². The van der Waals surface area contributed by atoms with Crippen LogP contribution in [0.15, 0.2) is 91.0 Å². The molecule has 1 heterocycles. The number of aryl methyl sites for hydroxylation is 1. The van der Waals surface area contributed by atoms with Gasteiger partial charge in [-0.3, -0.25) is 4.90 Å². The molecule has 0 N–H and O–H groups in total. The average Bonchev–Trinajstić information content (AvgIpc) is 3.14. The maximum atomic E-state index is 13.0. The Morgan fingerprint density at radius 3 is 2.03 bits per heavy atom. The lowest BCUT2D eigenvalue weighted by atomic mass is 10.0. The lowest BCUT2D eigenvalue weighted by Crippen LogP contribution is -2.40. The van der Waals surface area contributed by atoms with E-state index < -0.39 is 24.3 Å². The van der Waals surface area contributed by atoms with Gasteiger partial charge in [-0.2, -0.15) is 0 Å². The number of benzene rings is 3. The smallest absolute Gasteiger partial charge is 0.414 e. The summed E-state index contributed by atoms with van der Waals surface area (Å²) in [5, 5.41) is 0. The summed E-state index contributed by atoms with van der Waals surface area (Å²) in [6, 6.07) is 27.9. The maximum absolute atomic E-state index is 13.0. The largest absolute Gasteiger partial charge is 0.444 e. The number of carbonyl (C=O) groups is 2. The molecule has 1 aliphatic heterocycles. The van der Waals surface area contributed by atoms with Gasteiger partial charge in [0.1, 0.15) is 12.6 Å². The normalized spacial score (nSPS) is 18.1. The molecule has 5 heteroatoms. The number of carbonyl (C=O) groups excluding carboxylic acids is 2. The summed E-state index contributed by atoms with van der Waals surface area (Å²) in [5.41, 5.74) is 2.73. The topological polar surface area (TPSA) is 55.8 Å². The Kier molecular flexibility index (Phi) is 6.09. The fourth-order valence-corrected chi connectivity index (χ4v) is 3.59. The first kappa shape index (κ1) is 19.7. The molecule has 0 radical (unpaired) electrons. The van der Waals surface area contributed by atoms with Crippen LogP contribution in [-0.2, 0) is 27.3 Å². The van der Waals surface area contributed by atoms with Crippen LogP contribution < -0.4 is 0 Å². The second-order valence-electron chi connectivity index (χ2n) is 7.19. The third-order valence-corrected chi connectivity index (χ3v) is 5.14. The number of ether oxygens (including phenoxy) is 2. The number of amides is 1. The lowest BCUT2D eigenvalue weighted by Gasteiger charge is -2.25. The number of nitrogens with zero attached hydrogens (tertiary/aromatic N) is 1. The van der Waals surface area contributed by atoms with Gasteiger partial charge in [-0.1, -0.05) is 91.0 Å². The van der Waals surface area contributed by atoms with E-state index in [1.807, 2.05) is 91.0 Å². The van der Waals surface area contributed by atoms with E-state index in [0.717, 1.165) is 16.7 Å². The van der Waals surface area contributed by atoms with Gasteiger partial charge in [-0.15, -0.1) is 0 Å². The summed E-state index contributed by atoms with van der Waals surface area (Å²) in [4.78, 5) is 27.2. The van der Waals surface area contributed by atoms with Crippen molar-refractivity contribution in [3.8, 4) is 0 Å². The fraction of sp³-hybridized carbons (Fsp3) is 0.200. The highest BCUT2D eigenvalue weighted by Crippen LogP contribution is 2.34. The van der Waals surface area contributed by atoms with Crippen molar-refractivity contribution >= 4 is 12.1 Å². The SMILES string of the molecule is O=C1OC(c2ccccc2)N(C(=O)OCc2ccccc2)C1CCc1ccccc1. The van der Waals surface area contributed by atoms with E-state index in [4.69, 9.17) is 9.47 Å². The second kappa shape index (κ2) is 9.27. The number of hydrogen-bond acceptors (Lipinski definition) is 4. The molecular weight excluding hydrogens is 378 g/mol. The number of hydrogen-bond donors (Lipinski definition) is 0. The number of cyclic esters (lactones) is 1. The number of rotatable bonds is 6. The maximum Gasteiger partial charge on any atom is 0.414 e. The molecule has 4 rings (SSSR count). The van der Waals surface area contributed by atoms with Crippen LogP contribution in [0.3, 0.4) is 0 Å². The Hall–Kier alpha value is -3.60. The molecule has 0 saturated carbocycles. The van der Waals surface area contributed by atoms with E-state index in [-0.39, 0.29) is 6.61 Å². The Bertz CT molecular complexity index is 976. The Labute approximate surface area is 175 Å². The molecule has 3 aromatic carbocycles. The highest BCUT2D eigenvalue weighted by Gasteiger charge is 2.46. The van der Waals surface area contributed by atoms with E-state index in [0.29, 0.717) is 12.8 Å². The van der Waals surface area contributed by atoms with Gasteiger partial charge in [-0.05, 0) is 24.0 Å². The Morgan fingerprint density at radius 1 is 0.833 bits per heavy atom. The summed E-state index contributed by atoms with van der Waals surface area (Å²) >= 11 is 0. The van der Waals surface area contributed by atoms with Gasteiger partial charge in [0.05, 0.1) is 0 Å². The molecule has 2 atom stereocenters. The van der Waals surface area contributed by atoms with Crippen LogP contribution in [0, 0.1) is 0 Å². The zero-order chi connectivity index (χ0) is 20.8. The van der Waals surface area contributed by atoms with E-state index in [1.54, 1.807) is 0 Å². The van der Waals surface area contributed by atoms with Crippen LogP contribution in [0.25, 0.3) is 0 Å². The van der Waals surface area contributed by atoms with Gasteiger partial charge in [0.25, 0.3) is 0 Å². The first-order valence-corrected chi connectivity index (χ1v) is 10.0. The van der Waals surface area contributed by atoms with E-state index in [2.05, 4.69) is 0 Å². The summed E-state index contributed by atoms with van der Waals surface area (Å²) < 4.78 is 11.2. The van der Waals surface area contributed by atoms with Gasteiger partial charge in [0, 0.05) is 5.56 Å². The molecule has 2 unspecified atom stereocenters. The van der Waals surface area contributed by atoms with E-state index in [1.165, 1.54) is 4.90 Å². The molecule has 5 nitrogen and oxygen atoms in total. The quantitative estimate of drug-likeness (QED) is 0.552. The lowest BCUT2D eigenvalue weighted by molar-refractivity contribution is -0.143. The van der Waals surface area contributed by atoms with Crippen molar-refractivity contribution in [2.45, 2.75) is 31.7 Å². The van der Waals surface area contributed by atoms with Crippen molar-refractivity contribution in [3.05, 3.63) is 108 Å². The Balaban J connectivity index is 1.53. The van der Waals surface area contributed by atoms with Gasteiger partial charge in [0.15, 0.2) is 0 Å². The van der Waals surface area contributed by atoms with Crippen LogP contribution >= 0.6 is 0 Å². The second-order valence-corrected chi connectivity index (χ2v) is 7.19. The molecular formula is C25H23NO4. The molecule has 1 saturated heterocycles. The van der Waals surface area contributed by atoms with Crippen LogP contribution in [0.5, 0.6) is 0 Å². The van der Waals surface area contributed by atoms with Crippen LogP contribution in [0.1, 0.15) is 29.3 Å². The van der Waals surface area contributed by atoms with Gasteiger partial charge in [0.2, 0.25) is 6.23 Å². The summed E-state index contributed by atoms with van der Waals surface area (Å²) in [7, 11) is 0.